The minimum atomic E-state index is -0.182. The van der Waals surface area contributed by atoms with Gasteiger partial charge in [0.25, 0.3) is 0 Å². The number of nitrogens with two attached hydrogens (primary N) is 1. The van der Waals surface area contributed by atoms with E-state index in [1.807, 2.05) is 0 Å². The second kappa shape index (κ2) is 6.97. The molecule has 1 rings (SSSR count). The van der Waals surface area contributed by atoms with E-state index >= 15 is 0 Å². The Hall–Kier alpha value is -0.610. The van der Waals surface area contributed by atoms with Crippen LogP contribution in [0.2, 0.25) is 0 Å². The molecule has 1 amide bonds. The van der Waals surface area contributed by atoms with E-state index < -0.39 is 0 Å². The van der Waals surface area contributed by atoms with Crippen molar-refractivity contribution >= 4 is 5.91 Å². The van der Waals surface area contributed by atoms with E-state index in [1.165, 1.54) is 6.42 Å². The molecule has 0 radical (unpaired) electrons. The fourth-order valence-corrected chi connectivity index (χ4v) is 2.52. The summed E-state index contributed by atoms with van der Waals surface area (Å²) >= 11 is 0. The highest BCUT2D eigenvalue weighted by Gasteiger charge is 2.35. The molecule has 1 atom stereocenters. The van der Waals surface area contributed by atoms with E-state index in [4.69, 9.17) is 10.5 Å². The van der Waals surface area contributed by atoms with Crippen molar-refractivity contribution < 1.29 is 9.53 Å². The second-order valence-electron chi connectivity index (χ2n) is 5.32. The maximum Gasteiger partial charge on any atom is 0.226 e. The van der Waals surface area contributed by atoms with Gasteiger partial charge in [-0.25, -0.2) is 0 Å². The summed E-state index contributed by atoms with van der Waals surface area (Å²) in [4.78, 5) is 12.3. The minimum absolute atomic E-state index is 0.0521. The number of methoxy groups -OCH3 is 1. The number of rotatable bonds is 6. The molecule has 1 aliphatic carbocycles. The SMILES string of the molecule is COCC(CCN)NC(=O)C1(C)CCCCC1. The van der Waals surface area contributed by atoms with E-state index in [-0.39, 0.29) is 17.4 Å². The molecule has 1 saturated carbocycles. The minimum Gasteiger partial charge on any atom is -0.383 e. The topological polar surface area (TPSA) is 64.3 Å². The third kappa shape index (κ3) is 4.28. The van der Waals surface area contributed by atoms with E-state index in [0.29, 0.717) is 13.2 Å². The van der Waals surface area contributed by atoms with Gasteiger partial charge in [-0.2, -0.15) is 0 Å². The van der Waals surface area contributed by atoms with Crippen LogP contribution in [-0.4, -0.2) is 32.2 Å². The first-order chi connectivity index (χ1) is 8.12. The first kappa shape index (κ1) is 14.5. The van der Waals surface area contributed by atoms with E-state index in [9.17, 15) is 4.79 Å². The molecule has 3 N–H and O–H groups in total. The fourth-order valence-electron chi connectivity index (χ4n) is 2.52. The van der Waals surface area contributed by atoms with Crippen LogP contribution in [0.25, 0.3) is 0 Å². The number of hydrogen-bond acceptors (Lipinski definition) is 3. The summed E-state index contributed by atoms with van der Waals surface area (Å²) in [5.74, 6) is 0.174. The average Bonchev–Trinajstić information content (AvgIpc) is 2.30. The van der Waals surface area contributed by atoms with Crippen LogP contribution in [0.4, 0.5) is 0 Å². The summed E-state index contributed by atoms with van der Waals surface area (Å²) in [6.45, 7) is 3.19. The summed E-state index contributed by atoms with van der Waals surface area (Å²) in [5.41, 5.74) is 5.36. The van der Waals surface area contributed by atoms with Crippen molar-refractivity contribution in [3.05, 3.63) is 0 Å². The molecule has 0 heterocycles. The van der Waals surface area contributed by atoms with Gasteiger partial charge in [-0.15, -0.1) is 0 Å². The zero-order valence-corrected chi connectivity index (χ0v) is 11.1. The van der Waals surface area contributed by atoms with E-state index in [0.717, 1.165) is 32.1 Å². The molecule has 17 heavy (non-hydrogen) atoms. The summed E-state index contributed by atoms with van der Waals surface area (Å²) in [6, 6.07) is 0.0521. The zero-order valence-electron chi connectivity index (χ0n) is 11.1. The Labute approximate surface area is 104 Å². The summed E-state index contributed by atoms with van der Waals surface area (Å²) in [7, 11) is 1.65. The van der Waals surface area contributed by atoms with Crippen LogP contribution >= 0.6 is 0 Å². The highest BCUT2D eigenvalue weighted by atomic mass is 16.5. The zero-order chi connectivity index (χ0) is 12.7. The molecule has 1 aliphatic rings. The molecule has 0 aromatic rings. The quantitative estimate of drug-likeness (QED) is 0.740. The van der Waals surface area contributed by atoms with Gasteiger partial charge in [0, 0.05) is 12.5 Å². The van der Waals surface area contributed by atoms with Crippen LogP contribution in [0.1, 0.15) is 45.4 Å². The summed E-state index contributed by atoms with van der Waals surface area (Å²) in [5, 5.41) is 3.09. The van der Waals surface area contributed by atoms with Crippen molar-refractivity contribution in [2.45, 2.75) is 51.5 Å². The van der Waals surface area contributed by atoms with Crippen LogP contribution in [-0.2, 0) is 9.53 Å². The van der Waals surface area contributed by atoms with E-state index in [1.54, 1.807) is 7.11 Å². The smallest absolute Gasteiger partial charge is 0.226 e. The first-order valence-corrected chi connectivity index (χ1v) is 6.62. The van der Waals surface area contributed by atoms with Gasteiger partial charge in [-0.05, 0) is 25.8 Å². The Morgan fingerprint density at radius 2 is 2.06 bits per heavy atom. The Morgan fingerprint density at radius 3 is 2.59 bits per heavy atom. The molecule has 0 spiro atoms. The standard InChI is InChI=1S/C13H26N2O2/c1-13(7-4-3-5-8-13)12(16)15-11(6-9-14)10-17-2/h11H,3-10,14H2,1-2H3,(H,15,16). The van der Waals surface area contributed by atoms with Crippen LogP contribution in [0, 0.1) is 5.41 Å². The highest BCUT2D eigenvalue weighted by Crippen LogP contribution is 2.35. The monoisotopic (exact) mass is 242 g/mol. The van der Waals surface area contributed by atoms with Gasteiger partial charge in [0.15, 0.2) is 0 Å². The number of carbonyl (C=O) groups excluding carboxylic acids is 1. The van der Waals surface area contributed by atoms with Crippen molar-refractivity contribution in [2.75, 3.05) is 20.3 Å². The number of nitrogens with one attached hydrogen (secondary N) is 1. The Kier molecular flexibility index (Phi) is 5.92. The highest BCUT2D eigenvalue weighted by molar-refractivity contribution is 5.82. The average molecular weight is 242 g/mol. The molecule has 0 saturated heterocycles. The Balaban J connectivity index is 2.49. The third-order valence-electron chi connectivity index (χ3n) is 3.72. The summed E-state index contributed by atoms with van der Waals surface area (Å²) < 4.78 is 5.11. The molecule has 1 fully saturated rings. The molecule has 100 valence electrons. The Morgan fingerprint density at radius 1 is 1.41 bits per heavy atom. The maximum atomic E-state index is 12.3. The molecular weight excluding hydrogens is 216 g/mol. The lowest BCUT2D eigenvalue weighted by Crippen LogP contribution is -2.47. The van der Waals surface area contributed by atoms with Gasteiger partial charge in [-0.3, -0.25) is 4.79 Å². The van der Waals surface area contributed by atoms with Crippen LogP contribution < -0.4 is 11.1 Å². The predicted molar refractivity (Wildman–Crippen MR) is 68.7 cm³/mol. The lowest BCUT2D eigenvalue weighted by Gasteiger charge is -2.33. The van der Waals surface area contributed by atoms with Crippen LogP contribution in [0.15, 0.2) is 0 Å². The predicted octanol–water partition coefficient (Wildman–Crippen LogP) is 1.44. The van der Waals surface area contributed by atoms with Crippen molar-refractivity contribution in [3.63, 3.8) is 0 Å². The number of amides is 1. The normalized spacial score (nSPS) is 20.9. The molecule has 0 aromatic heterocycles. The maximum absolute atomic E-state index is 12.3. The largest absolute Gasteiger partial charge is 0.383 e. The molecule has 4 heteroatoms. The Bertz CT molecular complexity index is 232. The first-order valence-electron chi connectivity index (χ1n) is 6.62. The van der Waals surface area contributed by atoms with Gasteiger partial charge < -0.3 is 15.8 Å². The van der Waals surface area contributed by atoms with Crippen LogP contribution in [0.5, 0.6) is 0 Å². The molecule has 0 aromatic carbocycles. The molecule has 0 aliphatic heterocycles. The van der Waals surface area contributed by atoms with Crippen molar-refractivity contribution in [2.24, 2.45) is 11.1 Å². The van der Waals surface area contributed by atoms with Gasteiger partial charge >= 0.3 is 0 Å². The molecule has 1 unspecified atom stereocenters. The van der Waals surface area contributed by atoms with Crippen molar-refractivity contribution in [1.82, 2.24) is 5.32 Å². The van der Waals surface area contributed by atoms with Crippen molar-refractivity contribution in [3.8, 4) is 0 Å². The van der Waals surface area contributed by atoms with Gasteiger partial charge in [0.1, 0.15) is 0 Å². The number of hydrogen-bond donors (Lipinski definition) is 2. The molecule has 4 nitrogen and oxygen atoms in total. The second-order valence-corrected chi connectivity index (χ2v) is 5.32. The summed E-state index contributed by atoms with van der Waals surface area (Å²) in [6.07, 6.45) is 6.36. The van der Waals surface area contributed by atoms with Gasteiger partial charge in [0.05, 0.1) is 12.6 Å². The van der Waals surface area contributed by atoms with Crippen molar-refractivity contribution in [1.29, 1.82) is 0 Å². The third-order valence-corrected chi connectivity index (χ3v) is 3.72. The molecular formula is C13H26N2O2. The van der Waals surface area contributed by atoms with E-state index in [2.05, 4.69) is 12.2 Å². The van der Waals surface area contributed by atoms with Gasteiger partial charge in [0.2, 0.25) is 5.91 Å². The molecule has 0 bridgehead atoms. The fraction of sp³-hybridized carbons (Fsp3) is 0.923. The lowest BCUT2D eigenvalue weighted by molar-refractivity contribution is -0.133. The number of ether oxygens (including phenoxy) is 1. The number of carbonyl (C=O) groups is 1. The van der Waals surface area contributed by atoms with Crippen LogP contribution in [0.3, 0.4) is 0 Å². The van der Waals surface area contributed by atoms with Gasteiger partial charge in [-0.1, -0.05) is 26.2 Å². The lowest BCUT2D eigenvalue weighted by atomic mass is 9.75.